The first kappa shape index (κ1) is 21.9. The number of carbonyl (C=O) groups is 1. The molecule has 2 aromatic heterocycles. The van der Waals surface area contributed by atoms with E-state index in [1.165, 1.54) is 6.07 Å². The van der Waals surface area contributed by atoms with Crippen LogP contribution in [0.25, 0.3) is 22.0 Å². The number of hydrogen-bond donors (Lipinski definition) is 3. The first-order valence-electron chi connectivity index (χ1n) is 10.4. The Labute approximate surface area is 183 Å². The molecule has 2 amide bonds. The smallest absolute Gasteiger partial charge is 0.319 e. The molecule has 0 radical (unpaired) electrons. The molecule has 0 unspecified atom stereocenters. The molecule has 4 rings (SSSR count). The lowest BCUT2D eigenvalue weighted by atomic mass is 9.92. The maximum Gasteiger partial charge on any atom is 0.319 e. The van der Waals surface area contributed by atoms with E-state index in [-0.39, 0.29) is 37.4 Å². The quantitative estimate of drug-likeness (QED) is 0.499. The highest BCUT2D eigenvalue weighted by atomic mass is 19.3. The molecule has 0 aliphatic heterocycles. The van der Waals surface area contributed by atoms with Crippen molar-refractivity contribution in [2.75, 3.05) is 17.7 Å². The van der Waals surface area contributed by atoms with Gasteiger partial charge in [-0.15, -0.1) is 0 Å². The number of nitrogens with zero attached hydrogens (tertiary/aromatic N) is 2. The minimum Gasteiger partial charge on any atom is -0.373 e. The molecular weight excluding hydrogens is 419 g/mol. The summed E-state index contributed by atoms with van der Waals surface area (Å²) in [6, 6.07) is 5.66. The van der Waals surface area contributed by atoms with E-state index in [0.717, 1.165) is 16.5 Å². The van der Waals surface area contributed by atoms with Crippen LogP contribution in [-0.2, 0) is 0 Å². The van der Waals surface area contributed by atoms with Crippen LogP contribution in [0.5, 0.6) is 0 Å². The SMILES string of the molecule is CNc1cc2ncc(-c3cc(NC(=O)NC4CCC(F)(F)CC4)c(F)cc3C)cc2cn1. The molecule has 1 aliphatic rings. The summed E-state index contributed by atoms with van der Waals surface area (Å²) in [6.07, 6.45) is 3.24. The van der Waals surface area contributed by atoms with Gasteiger partial charge < -0.3 is 16.0 Å². The number of nitrogens with one attached hydrogen (secondary N) is 3. The third kappa shape index (κ3) is 4.76. The molecule has 2 heterocycles. The van der Waals surface area contributed by atoms with Crippen molar-refractivity contribution < 1.29 is 18.0 Å². The largest absolute Gasteiger partial charge is 0.373 e. The predicted octanol–water partition coefficient (Wildman–Crippen LogP) is 5.49. The zero-order valence-corrected chi connectivity index (χ0v) is 17.8. The normalized spacial score (nSPS) is 16.0. The molecule has 1 saturated carbocycles. The predicted molar refractivity (Wildman–Crippen MR) is 119 cm³/mol. The molecule has 3 aromatic rings. The van der Waals surface area contributed by atoms with Crippen molar-refractivity contribution in [1.29, 1.82) is 0 Å². The minimum absolute atomic E-state index is 0.00740. The number of halogens is 3. The van der Waals surface area contributed by atoms with Gasteiger partial charge in [-0.1, -0.05) is 0 Å². The molecule has 1 fully saturated rings. The fourth-order valence-electron chi connectivity index (χ4n) is 3.91. The number of urea groups is 1. The lowest BCUT2D eigenvalue weighted by Gasteiger charge is -2.28. The van der Waals surface area contributed by atoms with E-state index in [1.807, 2.05) is 12.1 Å². The maximum absolute atomic E-state index is 14.5. The molecule has 1 aromatic carbocycles. The third-order valence-corrected chi connectivity index (χ3v) is 5.75. The molecule has 0 spiro atoms. The van der Waals surface area contributed by atoms with Gasteiger partial charge in [0.25, 0.3) is 0 Å². The van der Waals surface area contributed by atoms with Crippen molar-refractivity contribution in [2.45, 2.75) is 44.6 Å². The minimum atomic E-state index is -2.68. The van der Waals surface area contributed by atoms with E-state index in [0.29, 0.717) is 16.9 Å². The average Bonchev–Trinajstić information content (AvgIpc) is 2.76. The van der Waals surface area contributed by atoms with E-state index in [4.69, 9.17) is 0 Å². The Balaban J connectivity index is 1.54. The van der Waals surface area contributed by atoms with Crippen LogP contribution < -0.4 is 16.0 Å². The number of hydrogen-bond acceptors (Lipinski definition) is 4. The van der Waals surface area contributed by atoms with E-state index >= 15 is 0 Å². The summed E-state index contributed by atoms with van der Waals surface area (Å²) in [5.41, 5.74) is 2.93. The molecule has 0 saturated heterocycles. The van der Waals surface area contributed by atoms with Gasteiger partial charge in [-0.2, -0.15) is 0 Å². The van der Waals surface area contributed by atoms with Gasteiger partial charge in [0.1, 0.15) is 11.6 Å². The van der Waals surface area contributed by atoms with Crippen LogP contribution in [0, 0.1) is 12.7 Å². The number of aromatic nitrogens is 2. The molecule has 3 N–H and O–H groups in total. The van der Waals surface area contributed by atoms with Gasteiger partial charge in [0.15, 0.2) is 0 Å². The number of pyridine rings is 2. The van der Waals surface area contributed by atoms with Gasteiger partial charge in [-0.3, -0.25) is 4.98 Å². The van der Waals surface area contributed by atoms with E-state index in [9.17, 15) is 18.0 Å². The first-order chi connectivity index (χ1) is 15.2. The number of alkyl halides is 2. The highest BCUT2D eigenvalue weighted by Gasteiger charge is 2.35. The molecule has 168 valence electrons. The summed E-state index contributed by atoms with van der Waals surface area (Å²) in [6.45, 7) is 1.77. The Bertz CT molecular complexity index is 1160. The van der Waals surface area contributed by atoms with Gasteiger partial charge in [0.05, 0.1) is 11.2 Å². The van der Waals surface area contributed by atoms with Crippen LogP contribution in [0.3, 0.4) is 0 Å². The number of aryl methyl sites for hydroxylation is 1. The molecule has 0 atom stereocenters. The number of amides is 2. The van der Waals surface area contributed by atoms with Crippen molar-refractivity contribution in [3.05, 3.63) is 48.0 Å². The molecule has 6 nitrogen and oxygen atoms in total. The second-order valence-electron chi connectivity index (χ2n) is 8.11. The number of fused-ring (bicyclic) bond motifs is 1. The summed E-state index contributed by atoms with van der Waals surface area (Å²) in [5, 5.41) is 8.97. The number of rotatable bonds is 4. The average molecular weight is 443 g/mol. The first-order valence-corrected chi connectivity index (χ1v) is 10.4. The molecule has 0 bridgehead atoms. The van der Waals surface area contributed by atoms with Gasteiger partial charge in [-0.05, 0) is 49.1 Å². The van der Waals surface area contributed by atoms with Crippen LogP contribution in [0.1, 0.15) is 31.2 Å². The van der Waals surface area contributed by atoms with Crippen molar-refractivity contribution in [3.8, 4) is 11.1 Å². The fourth-order valence-corrected chi connectivity index (χ4v) is 3.91. The molecular formula is C23H24F3N5O. The van der Waals surface area contributed by atoms with Crippen LogP contribution in [0.4, 0.5) is 29.5 Å². The highest BCUT2D eigenvalue weighted by molar-refractivity contribution is 5.91. The Morgan fingerprint density at radius 1 is 1.09 bits per heavy atom. The van der Waals surface area contributed by atoms with Gasteiger partial charge in [0.2, 0.25) is 5.92 Å². The highest BCUT2D eigenvalue weighted by Crippen LogP contribution is 2.33. The standard InChI is InChI=1S/C23H24F3N5O/c1-13-7-18(24)20(31-22(32)30-16-3-5-23(25,26)6-4-16)9-17(13)14-8-15-12-29-21(27-2)10-19(15)28-11-14/h7-12,16H,3-6H2,1-2H3,(H,27,29)(H2,30,31,32). The van der Waals surface area contributed by atoms with Crippen molar-refractivity contribution in [3.63, 3.8) is 0 Å². The fraction of sp³-hybridized carbons (Fsp3) is 0.348. The summed E-state index contributed by atoms with van der Waals surface area (Å²) >= 11 is 0. The Morgan fingerprint density at radius 3 is 2.56 bits per heavy atom. The van der Waals surface area contributed by atoms with E-state index < -0.39 is 17.8 Å². The Kier molecular flexibility index (Phi) is 5.90. The summed E-state index contributed by atoms with van der Waals surface area (Å²) in [5.74, 6) is -2.55. The monoisotopic (exact) mass is 443 g/mol. The number of carbonyl (C=O) groups excluding carboxylic acids is 1. The summed E-state index contributed by atoms with van der Waals surface area (Å²) < 4.78 is 41.2. The van der Waals surface area contributed by atoms with Gasteiger partial charge in [-0.25, -0.2) is 22.9 Å². The van der Waals surface area contributed by atoms with Crippen LogP contribution in [0.15, 0.2) is 36.7 Å². The van der Waals surface area contributed by atoms with Gasteiger partial charge in [0, 0.05) is 55.3 Å². The molecule has 9 heteroatoms. The zero-order valence-electron chi connectivity index (χ0n) is 17.8. The topological polar surface area (TPSA) is 78.9 Å². The molecule has 1 aliphatic carbocycles. The van der Waals surface area contributed by atoms with Crippen molar-refractivity contribution >= 4 is 28.4 Å². The van der Waals surface area contributed by atoms with Crippen molar-refractivity contribution in [2.24, 2.45) is 0 Å². The lowest BCUT2D eigenvalue weighted by Crippen LogP contribution is -2.42. The van der Waals surface area contributed by atoms with Crippen LogP contribution in [-0.4, -0.2) is 35.0 Å². The maximum atomic E-state index is 14.5. The molecule has 32 heavy (non-hydrogen) atoms. The lowest BCUT2D eigenvalue weighted by molar-refractivity contribution is -0.0394. The summed E-state index contributed by atoms with van der Waals surface area (Å²) in [7, 11) is 1.78. The zero-order chi connectivity index (χ0) is 22.9. The number of anilines is 2. The van der Waals surface area contributed by atoms with Gasteiger partial charge >= 0.3 is 6.03 Å². The summed E-state index contributed by atoms with van der Waals surface area (Å²) in [4.78, 5) is 21.1. The number of benzene rings is 1. The van der Waals surface area contributed by atoms with E-state index in [1.54, 1.807) is 32.4 Å². The van der Waals surface area contributed by atoms with E-state index in [2.05, 4.69) is 25.9 Å². The van der Waals surface area contributed by atoms with Crippen LogP contribution in [0.2, 0.25) is 0 Å². The van der Waals surface area contributed by atoms with Crippen LogP contribution >= 0.6 is 0 Å². The van der Waals surface area contributed by atoms with Crippen molar-refractivity contribution in [1.82, 2.24) is 15.3 Å². The second-order valence-corrected chi connectivity index (χ2v) is 8.11. The second kappa shape index (κ2) is 8.64. The Hall–Kier alpha value is -3.36. The third-order valence-electron chi connectivity index (χ3n) is 5.75. The Morgan fingerprint density at radius 2 is 1.84 bits per heavy atom.